The fraction of sp³-hybridized carbons (Fsp3) is 0.625. The highest BCUT2D eigenvalue weighted by molar-refractivity contribution is 9.10. The summed E-state index contributed by atoms with van der Waals surface area (Å²) in [5.41, 5.74) is 7.30. The van der Waals surface area contributed by atoms with Gasteiger partial charge >= 0.3 is 0 Å². The summed E-state index contributed by atoms with van der Waals surface area (Å²) in [5, 5.41) is 3.58. The molecule has 0 bridgehead atoms. The molecular formula is C16H24BrFN2. The maximum absolute atomic E-state index is 13.3. The first-order valence-corrected chi connectivity index (χ1v) is 8.01. The molecule has 2 atom stereocenters. The molecule has 2 unspecified atom stereocenters. The van der Waals surface area contributed by atoms with Gasteiger partial charge in [-0.2, -0.15) is 0 Å². The van der Waals surface area contributed by atoms with Crippen LogP contribution in [0.2, 0.25) is 0 Å². The van der Waals surface area contributed by atoms with E-state index in [0.29, 0.717) is 22.4 Å². The van der Waals surface area contributed by atoms with Gasteiger partial charge in [0.2, 0.25) is 0 Å². The van der Waals surface area contributed by atoms with Crippen molar-refractivity contribution in [1.82, 2.24) is 0 Å². The minimum Gasteiger partial charge on any atom is -0.378 e. The van der Waals surface area contributed by atoms with Crippen molar-refractivity contribution in [2.45, 2.75) is 45.6 Å². The van der Waals surface area contributed by atoms with Gasteiger partial charge in [0.05, 0.1) is 10.0 Å². The molecule has 0 spiro atoms. The van der Waals surface area contributed by atoms with Crippen LogP contribution in [0.25, 0.3) is 0 Å². The van der Waals surface area contributed by atoms with Crippen LogP contribution >= 0.6 is 15.9 Å². The van der Waals surface area contributed by atoms with Crippen molar-refractivity contribution in [2.75, 3.05) is 11.9 Å². The Labute approximate surface area is 129 Å². The monoisotopic (exact) mass is 342 g/mol. The molecule has 2 rings (SSSR count). The Morgan fingerprint density at radius 2 is 2.10 bits per heavy atom. The molecule has 1 aromatic carbocycles. The maximum Gasteiger partial charge on any atom is 0.137 e. The van der Waals surface area contributed by atoms with Crippen molar-refractivity contribution in [3.05, 3.63) is 28.5 Å². The molecule has 3 N–H and O–H groups in total. The van der Waals surface area contributed by atoms with E-state index in [4.69, 9.17) is 5.73 Å². The fourth-order valence-electron chi connectivity index (χ4n) is 3.34. The van der Waals surface area contributed by atoms with Gasteiger partial charge in [0.1, 0.15) is 5.82 Å². The highest BCUT2D eigenvalue weighted by Crippen LogP contribution is 2.45. The van der Waals surface area contributed by atoms with Gasteiger partial charge in [0, 0.05) is 12.2 Å². The predicted molar refractivity (Wildman–Crippen MR) is 86.3 cm³/mol. The average Bonchev–Trinajstić information content (AvgIpc) is 2.37. The molecule has 1 aliphatic carbocycles. The molecule has 0 radical (unpaired) electrons. The summed E-state index contributed by atoms with van der Waals surface area (Å²) in [6.45, 7) is 7.50. The molecule has 0 saturated heterocycles. The molecule has 2 nitrogen and oxygen atoms in total. The lowest BCUT2D eigenvalue weighted by Gasteiger charge is -2.49. The van der Waals surface area contributed by atoms with Gasteiger partial charge < -0.3 is 11.1 Å². The summed E-state index contributed by atoms with van der Waals surface area (Å²) in [6, 6.07) is 5.05. The number of nitrogens with one attached hydrogen (secondary N) is 1. The third kappa shape index (κ3) is 3.17. The summed E-state index contributed by atoms with van der Waals surface area (Å²) < 4.78 is 13.8. The molecule has 4 heteroatoms. The SMILES string of the molecule is CC1CC(C)(C)CCC1(CN)Nc1ccc(F)c(Br)c1. The molecule has 1 fully saturated rings. The molecule has 1 aliphatic rings. The van der Waals surface area contributed by atoms with Crippen molar-refractivity contribution in [3.63, 3.8) is 0 Å². The van der Waals surface area contributed by atoms with Crippen molar-refractivity contribution in [3.8, 4) is 0 Å². The van der Waals surface area contributed by atoms with Crippen LogP contribution in [0.1, 0.15) is 40.0 Å². The van der Waals surface area contributed by atoms with Crippen LogP contribution in [0.4, 0.5) is 10.1 Å². The minimum absolute atomic E-state index is 0.0905. The molecule has 20 heavy (non-hydrogen) atoms. The van der Waals surface area contributed by atoms with Crippen LogP contribution in [0.3, 0.4) is 0 Å². The van der Waals surface area contributed by atoms with Crippen molar-refractivity contribution in [1.29, 1.82) is 0 Å². The van der Waals surface area contributed by atoms with E-state index >= 15 is 0 Å². The standard InChI is InChI=1S/C16H24BrFN2/c1-11-9-15(2,3)6-7-16(11,10-19)20-12-4-5-14(18)13(17)8-12/h4-5,8,11,20H,6-7,9-10,19H2,1-3H3. The van der Waals surface area contributed by atoms with E-state index in [-0.39, 0.29) is 11.4 Å². The Morgan fingerprint density at radius 3 is 2.65 bits per heavy atom. The van der Waals surface area contributed by atoms with Crippen molar-refractivity contribution >= 4 is 21.6 Å². The fourth-order valence-corrected chi connectivity index (χ4v) is 3.71. The smallest absolute Gasteiger partial charge is 0.137 e. The molecule has 0 amide bonds. The van der Waals surface area contributed by atoms with E-state index in [9.17, 15) is 4.39 Å². The van der Waals surface area contributed by atoms with Crippen LogP contribution in [-0.4, -0.2) is 12.1 Å². The molecule has 112 valence electrons. The van der Waals surface area contributed by atoms with E-state index in [1.54, 1.807) is 12.1 Å². The van der Waals surface area contributed by atoms with Gasteiger partial charge in [0.25, 0.3) is 0 Å². The Balaban J connectivity index is 2.21. The molecular weight excluding hydrogens is 319 g/mol. The highest BCUT2D eigenvalue weighted by atomic mass is 79.9. The van der Waals surface area contributed by atoms with Crippen LogP contribution in [0.15, 0.2) is 22.7 Å². The summed E-state index contributed by atoms with van der Waals surface area (Å²) in [6.07, 6.45) is 3.36. The maximum atomic E-state index is 13.3. The molecule has 0 aliphatic heterocycles. The van der Waals surface area contributed by atoms with E-state index in [1.165, 1.54) is 6.07 Å². The number of nitrogens with two attached hydrogens (primary N) is 1. The van der Waals surface area contributed by atoms with Crippen LogP contribution in [0.5, 0.6) is 0 Å². The first-order valence-electron chi connectivity index (χ1n) is 7.21. The molecule has 1 aromatic rings. The van der Waals surface area contributed by atoms with Gasteiger partial charge in [-0.3, -0.25) is 0 Å². The zero-order valence-corrected chi connectivity index (χ0v) is 14.1. The van der Waals surface area contributed by atoms with E-state index < -0.39 is 0 Å². The second-order valence-electron chi connectivity index (χ2n) is 6.88. The number of benzene rings is 1. The average molecular weight is 343 g/mol. The molecule has 1 saturated carbocycles. The van der Waals surface area contributed by atoms with Gasteiger partial charge in [-0.05, 0) is 64.7 Å². The van der Waals surface area contributed by atoms with E-state index in [0.717, 1.165) is 24.9 Å². The number of hydrogen-bond acceptors (Lipinski definition) is 2. The number of rotatable bonds is 3. The predicted octanol–water partition coefficient (Wildman–Crippen LogP) is 4.54. The van der Waals surface area contributed by atoms with E-state index in [1.807, 2.05) is 0 Å². The Bertz CT molecular complexity index is 489. The number of anilines is 1. The Kier molecular flexibility index (Phi) is 4.45. The largest absolute Gasteiger partial charge is 0.378 e. The first-order chi connectivity index (χ1) is 9.28. The summed E-state index contributed by atoms with van der Waals surface area (Å²) in [7, 11) is 0. The second-order valence-corrected chi connectivity index (χ2v) is 7.74. The van der Waals surface area contributed by atoms with Gasteiger partial charge in [-0.1, -0.05) is 20.8 Å². The normalized spacial score (nSPS) is 29.2. The number of hydrogen-bond donors (Lipinski definition) is 2. The molecule has 0 aromatic heterocycles. The van der Waals surface area contributed by atoms with Gasteiger partial charge in [-0.15, -0.1) is 0 Å². The minimum atomic E-state index is -0.241. The Hall–Kier alpha value is -0.610. The lowest BCUT2D eigenvalue weighted by molar-refractivity contribution is 0.120. The summed E-state index contributed by atoms with van der Waals surface area (Å²) in [5.74, 6) is 0.246. The van der Waals surface area contributed by atoms with E-state index in [2.05, 4.69) is 42.0 Å². The highest BCUT2D eigenvalue weighted by Gasteiger charge is 2.42. The zero-order chi connectivity index (χ0) is 15.0. The Morgan fingerprint density at radius 1 is 1.40 bits per heavy atom. The van der Waals surface area contributed by atoms with Gasteiger partial charge in [0.15, 0.2) is 0 Å². The van der Waals surface area contributed by atoms with Crippen LogP contribution < -0.4 is 11.1 Å². The third-order valence-corrected chi connectivity index (χ3v) is 5.33. The summed E-state index contributed by atoms with van der Waals surface area (Å²) in [4.78, 5) is 0. The lowest BCUT2D eigenvalue weighted by Crippen LogP contribution is -2.55. The lowest BCUT2D eigenvalue weighted by atomic mass is 9.63. The molecule has 0 heterocycles. The van der Waals surface area contributed by atoms with Crippen molar-refractivity contribution in [2.24, 2.45) is 17.1 Å². The summed E-state index contributed by atoms with van der Waals surface area (Å²) >= 11 is 3.24. The van der Waals surface area contributed by atoms with Crippen LogP contribution in [-0.2, 0) is 0 Å². The van der Waals surface area contributed by atoms with Crippen molar-refractivity contribution < 1.29 is 4.39 Å². The topological polar surface area (TPSA) is 38.0 Å². The van der Waals surface area contributed by atoms with Crippen LogP contribution in [0, 0.1) is 17.2 Å². The first kappa shape index (κ1) is 15.8. The van der Waals surface area contributed by atoms with Gasteiger partial charge in [-0.25, -0.2) is 4.39 Å². The number of halogens is 2. The zero-order valence-electron chi connectivity index (χ0n) is 12.5. The second kappa shape index (κ2) is 5.64. The third-order valence-electron chi connectivity index (χ3n) is 4.73. The quantitative estimate of drug-likeness (QED) is 0.845.